The number of ether oxygens (including phenoxy) is 2. The summed E-state index contributed by atoms with van der Waals surface area (Å²) in [6.07, 6.45) is -0.129. The minimum atomic E-state index is -0.244. The van der Waals surface area contributed by atoms with Crippen LogP contribution in [0.5, 0.6) is 5.75 Å². The molecule has 1 N–H and O–H groups in total. The molecule has 1 unspecified atom stereocenters. The molecular formula is C15H21BrClNO3. The van der Waals surface area contributed by atoms with Gasteiger partial charge >= 0.3 is 0 Å². The van der Waals surface area contributed by atoms with Crippen LogP contribution in [0.15, 0.2) is 22.7 Å². The van der Waals surface area contributed by atoms with Crippen molar-refractivity contribution in [3.63, 3.8) is 0 Å². The van der Waals surface area contributed by atoms with Gasteiger partial charge in [0.1, 0.15) is 12.4 Å². The molecule has 1 fully saturated rings. The highest BCUT2D eigenvalue weighted by Gasteiger charge is 2.32. The number of rotatable bonds is 5. The molecule has 4 nitrogen and oxygen atoms in total. The summed E-state index contributed by atoms with van der Waals surface area (Å²) in [6.45, 7) is 7.05. The van der Waals surface area contributed by atoms with Crippen LogP contribution in [0.25, 0.3) is 0 Å². The van der Waals surface area contributed by atoms with Gasteiger partial charge in [-0.1, -0.05) is 11.6 Å². The summed E-state index contributed by atoms with van der Waals surface area (Å²) in [5, 5.41) is 9.98. The Morgan fingerprint density at radius 2 is 2.29 bits per heavy atom. The van der Waals surface area contributed by atoms with E-state index in [2.05, 4.69) is 20.8 Å². The summed E-state index contributed by atoms with van der Waals surface area (Å²) in [7, 11) is 0. The van der Waals surface area contributed by atoms with Gasteiger partial charge in [-0.05, 0) is 48.0 Å². The van der Waals surface area contributed by atoms with Crippen molar-refractivity contribution in [2.45, 2.75) is 25.6 Å². The van der Waals surface area contributed by atoms with Gasteiger partial charge in [0.05, 0.1) is 22.8 Å². The third-order valence-electron chi connectivity index (χ3n) is 3.31. The fourth-order valence-corrected chi connectivity index (χ4v) is 3.36. The Morgan fingerprint density at radius 1 is 1.52 bits per heavy atom. The summed E-state index contributed by atoms with van der Waals surface area (Å²) >= 11 is 9.34. The number of aliphatic hydroxyl groups is 1. The van der Waals surface area contributed by atoms with Crippen LogP contribution in [0.1, 0.15) is 13.8 Å². The number of morpholine rings is 1. The SMILES string of the molecule is CC1(C)CN(CCOc2ccc(Cl)cc2Br)CC(CO)O1. The summed E-state index contributed by atoms with van der Waals surface area (Å²) in [6, 6.07) is 5.48. The van der Waals surface area contributed by atoms with Crippen molar-refractivity contribution in [3.05, 3.63) is 27.7 Å². The van der Waals surface area contributed by atoms with E-state index in [1.54, 1.807) is 6.07 Å². The lowest BCUT2D eigenvalue weighted by atomic mass is 10.1. The summed E-state index contributed by atoms with van der Waals surface area (Å²) in [4.78, 5) is 2.26. The summed E-state index contributed by atoms with van der Waals surface area (Å²) in [5.74, 6) is 0.783. The lowest BCUT2D eigenvalue weighted by molar-refractivity contribution is -0.149. The Morgan fingerprint density at radius 3 is 2.95 bits per heavy atom. The molecule has 0 bridgehead atoms. The van der Waals surface area contributed by atoms with E-state index in [0.717, 1.165) is 29.9 Å². The van der Waals surface area contributed by atoms with E-state index in [1.165, 1.54) is 0 Å². The molecule has 0 amide bonds. The van der Waals surface area contributed by atoms with Crippen molar-refractivity contribution >= 4 is 27.5 Å². The van der Waals surface area contributed by atoms with Gasteiger partial charge in [-0.15, -0.1) is 0 Å². The third kappa shape index (κ3) is 5.11. The van der Waals surface area contributed by atoms with Crippen molar-refractivity contribution in [1.29, 1.82) is 0 Å². The molecular weight excluding hydrogens is 358 g/mol. The first-order valence-electron chi connectivity index (χ1n) is 6.98. The average Bonchev–Trinajstić information content (AvgIpc) is 2.39. The molecule has 1 aliphatic heterocycles. The first-order valence-corrected chi connectivity index (χ1v) is 8.15. The highest BCUT2D eigenvalue weighted by atomic mass is 79.9. The maximum absolute atomic E-state index is 9.31. The molecule has 0 aliphatic carbocycles. The molecule has 21 heavy (non-hydrogen) atoms. The zero-order chi connectivity index (χ0) is 15.5. The Balaban J connectivity index is 1.85. The van der Waals surface area contributed by atoms with Crippen molar-refractivity contribution < 1.29 is 14.6 Å². The number of nitrogens with zero attached hydrogens (tertiary/aromatic N) is 1. The largest absolute Gasteiger partial charge is 0.491 e. The fraction of sp³-hybridized carbons (Fsp3) is 0.600. The predicted octanol–water partition coefficient (Wildman–Crippen LogP) is 2.95. The second kappa shape index (κ2) is 7.29. The van der Waals surface area contributed by atoms with Crippen LogP contribution in [0.3, 0.4) is 0 Å². The van der Waals surface area contributed by atoms with E-state index >= 15 is 0 Å². The van der Waals surface area contributed by atoms with E-state index < -0.39 is 0 Å². The van der Waals surface area contributed by atoms with Crippen molar-refractivity contribution in [3.8, 4) is 5.75 Å². The van der Waals surface area contributed by atoms with Gasteiger partial charge < -0.3 is 14.6 Å². The monoisotopic (exact) mass is 377 g/mol. The van der Waals surface area contributed by atoms with Gasteiger partial charge in [-0.3, -0.25) is 4.90 Å². The molecule has 1 atom stereocenters. The third-order valence-corrected chi connectivity index (χ3v) is 4.17. The van der Waals surface area contributed by atoms with Crippen LogP contribution in [-0.4, -0.2) is 54.6 Å². The average molecular weight is 379 g/mol. The van der Waals surface area contributed by atoms with Gasteiger partial charge in [0.25, 0.3) is 0 Å². The molecule has 1 aliphatic rings. The number of halogens is 2. The molecule has 0 spiro atoms. The van der Waals surface area contributed by atoms with Gasteiger partial charge in [0, 0.05) is 24.7 Å². The van der Waals surface area contributed by atoms with Gasteiger partial charge in [0.15, 0.2) is 0 Å². The molecule has 1 saturated heterocycles. The van der Waals surface area contributed by atoms with Crippen molar-refractivity contribution in [1.82, 2.24) is 4.90 Å². The Bertz CT molecular complexity index is 484. The molecule has 0 radical (unpaired) electrons. The Hall–Kier alpha value is -0.330. The molecule has 1 heterocycles. The van der Waals surface area contributed by atoms with Gasteiger partial charge in [-0.2, -0.15) is 0 Å². The summed E-state index contributed by atoms with van der Waals surface area (Å²) in [5.41, 5.74) is -0.244. The van der Waals surface area contributed by atoms with Crippen molar-refractivity contribution in [2.24, 2.45) is 0 Å². The fourth-order valence-electron chi connectivity index (χ4n) is 2.56. The first-order chi connectivity index (χ1) is 9.89. The lowest BCUT2D eigenvalue weighted by Crippen LogP contribution is -2.54. The second-order valence-electron chi connectivity index (χ2n) is 5.84. The highest BCUT2D eigenvalue weighted by molar-refractivity contribution is 9.10. The van der Waals surface area contributed by atoms with Crippen LogP contribution < -0.4 is 4.74 Å². The topological polar surface area (TPSA) is 41.9 Å². The number of hydrogen-bond acceptors (Lipinski definition) is 4. The molecule has 0 saturated carbocycles. The lowest BCUT2D eigenvalue weighted by Gasteiger charge is -2.42. The van der Waals surface area contributed by atoms with E-state index in [4.69, 9.17) is 21.1 Å². The quantitative estimate of drug-likeness (QED) is 0.855. The molecule has 1 aromatic rings. The first kappa shape index (κ1) is 17.0. The molecule has 1 aromatic carbocycles. The molecule has 2 rings (SSSR count). The molecule has 6 heteroatoms. The van der Waals surface area contributed by atoms with Crippen LogP contribution in [0.2, 0.25) is 5.02 Å². The predicted molar refractivity (Wildman–Crippen MR) is 87.1 cm³/mol. The smallest absolute Gasteiger partial charge is 0.133 e. The minimum absolute atomic E-state index is 0.0452. The van der Waals surface area contributed by atoms with Crippen LogP contribution in [0, 0.1) is 0 Å². The second-order valence-corrected chi connectivity index (χ2v) is 7.13. The van der Waals surface area contributed by atoms with Crippen molar-refractivity contribution in [2.75, 3.05) is 32.8 Å². The van der Waals surface area contributed by atoms with Crippen LogP contribution in [0.4, 0.5) is 0 Å². The number of benzene rings is 1. The Kier molecular flexibility index (Phi) is 5.91. The normalized spacial score (nSPS) is 22.2. The number of hydrogen-bond donors (Lipinski definition) is 1. The van der Waals surface area contributed by atoms with E-state index in [-0.39, 0.29) is 18.3 Å². The minimum Gasteiger partial charge on any atom is -0.491 e. The maximum atomic E-state index is 9.31. The molecule has 118 valence electrons. The highest BCUT2D eigenvalue weighted by Crippen LogP contribution is 2.28. The van der Waals surface area contributed by atoms with Gasteiger partial charge in [0.2, 0.25) is 0 Å². The maximum Gasteiger partial charge on any atom is 0.133 e. The van der Waals surface area contributed by atoms with E-state index in [0.29, 0.717) is 11.6 Å². The van der Waals surface area contributed by atoms with Gasteiger partial charge in [-0.25, -0.2) is 0 Å². The van der Waals surface area contributed by atoms with E-state index in [9.17, 15) is 5.11 Å². The van der Waals surface area contributed by atoms with Crippen LogP contribution in [-0.2, 0) is 4.74 Å². The standard InChI is InChI=1S/C15H21BrClNO3/c1-15(2)10-18(8-12(9-19)21-15)5-6-20-14-4-3-11(17)7-13(14)16/h3-4,7,12,19H,5-6,8-10H2,1-2H3. The summed E-state index contributed by atoms with van der Waals surface area (Å²) < 4.78 is 12.4. The zero-order valence-electron chi connectivity index (χ0n) is 12.3. The van der Waals surface area contributed by atoms with Crippen LogP contribution >= 0.6 is 27.5 Å². The van der Waals surface area contributed by atoms with E-state index in [1.807, 2.05) is 26.0 Å². The Labute approximate surface area is 139 Å². The zero-order valence-corrected chi connectivity index (χ0v) is 14.7. The molecule has 0 aromatic heterocycles. The number of aliphatic hydroxyl groups excluding tert-OH is 1.